The van der Waals surface area contributed by atoms with E-state index in [4.69, 9.17) is 17.3 Å². The van der Waals surface area contributed by atoms with Gasteiger partial charge in [0.05, 0.1) is 11.4 Å². The van der Waals surface area contributed by atoms with Gasteiger partial charge < -0.3 is 5.73 Å². The van der Waals surface area contributed by atoms with Gasteiger partial charge in [0.15, 0.2) is 0 Å². The van der Waals surface area contributed by atoms with Crippen molar-refractivity contribution in [2.45, 2.75) is 39.7 Å². The van der Waals surface area contributed by atoms with Crippen molar-refractivity contribution >= 4 is 17.3 Å². The number of rotatable bonds is 4. The van der Waals surface area contributed by atoms with Gasteiger partial charge in [0.1, 0.15) is 5.69 Å². The van der Waals surface area contributed by atoms with Gasteiger partial charge in [0.25, 0.3) is 5.56 Å². The Bertz CT molecular complexity index is 653. The van der Waals surface area contributed by atoms with Crippen molar-refractivity contribution in [1.29, 1.82) is 0 Å². The van der Waals surface area contributed by atoms with E-state index < -0.39 is 0 Å². The molecule has 0 bridgehead atoms. The molecular weight excluding hydrogens is 274 g/mol. The fourth-order valence-electron chi connectivity index (χ4n) is 2.46. The molecule has 4 nitrogen and oxygen atoms in total. The van der Waals surface area contributed by atoms with Crippen molar-refractivity contribution in [2.24, 2.45) is 0 Å². The van der Waals surface area contributed by atoms with Gasteiger partial charge in [-0.05, 0) is 36.6 Å². The molecule has 0 saturated carbocycles. The van der Waals surface area contributed by atoms with Crippen molar-refractivity contribution in [2.75, 3.05) is 5.73 Å². The van der Waals surface area contributed by atoms with Crippen LogP contribution in [-0.2, 0) is 6.54 Å². The van der Waals surface area contributed by atoms with Crippen LogP contribution in [0.5, 0.6) is 0 Å². The van der Waals surface area contributed by atoms with E-state index in [1.54, 1.807) is 16.8 Å². The number of hydrogen-bond donors (Lipinski definition) is 1. The zero-order valence-electron chi connectivity index (χ0n) is 12.1. The Morgan fingerprint density at radius 1 is 1.25 bits per heavy atom. The third kappa shape index (κ3) is 2.48. The summed E-state index contributed by atoms with van der Waals surface area (Å²) in [6.45, 7) is 6.92. The molecule has 2 N–H and O–H groups in total. The van der Waals surface area contributed by atoms with Crippen molar-refractivity contribution in [1.82, 2.24) is 9.36 Å². The summed E-state index contributed by atoms with van der Waals surface area (Å²) in [7, 11) is 0. The molecule has 5 heteroatoms. The van der Waals surface area contributed by atoms with E-state index >= 15 is 0 Å². The first-order valence-corrected chi connectivity index (χ1v) is 7.22. The lowest BCUT2D eigenvalue weighted by Gasteiger charge is -2.16. The molecule has 0 spiro atoms. The zero-order valence-corrected chi connectivity index (χ0v) is 12.8. The largest absolute Gasteiger partial charge is 0.393 e. The van der Waals surface area contributed by atoms with Gasteiger partial charge in [-0.2, -0.15) is 0 Å². The van der Waals surface area contributed by atoms with Crippen LogP contribution in [0.25, 0.3) is 5.69 Å². The molecule has 1 heterocycles. The number of nitrogens with zero attached hydrogens (tertiary/aromatic N) is 2. The molecule has 0 atom stereocenters. The lowest BCUT2D eigenvalue weighted by Crippen LogP contribution is -2.22. The van der Waals surface area contributed by atoms with Gasteiger partial charge >= 0.3 is 0 Å². The predicted molar refractivity (Wildman–Crippen MR) is 83.8 cm³/mol. The van der Waals surface area contributed by atoms with Crippen LogP contribution in [0.1, 0.15) is 38.8 Å². The summed E-state index contributed by atoms with van der Waals surface area (Å²) >= 11 is 5.91. The molecular formula is C15H20ClN3O. The average molecular weight is 294 g/mol. The highest BCUT2D eigenvalue weighted by molar-refractivity contribution is 6.30. The summed E-state index contributed by atoms with van der Waals surface area (Å²) in [5, 5.41) is 0.646. The normalized spacial score (nSPS) is 11.2. The highest BCUT2D eigenvalue weighted by atomic mass is 35.5. The molecule has 20 heavy (non-hydrogen) atoms. The smallest absolute Gasteiger partial charge is 0.294 e. The molecule has 0 amide bonds. The van der Waals surface area contributed by atoms with Crippen molar-refractivity contribution < 1.29 is 0 Å². The molecule has 0 radical (unpaired) electrons. The standard InChI is InChI=1S/C15H20ClN3O/c1-4-9-18-14(10(2)3)13(17)15(20)19(18)12-7-5-11(16)6-8-12/h5-8,10H,4,9,17H2,1-3H3. The molecule has 0 aliphatic heterocycles. The van der Waals surface area contributed by atoms with Crippen LogP contribution >= 0.6 is 11.6 Å². The van der Waals surface area contributed by atoms with Gasteiger partial charge in [0.2, 0.25) is 0 Å². The number of nitrogens with two attached hydrogens (primary N) is 1. The Morgan fingerprint density at radius 2 is 1.85 bits per heavy atom. The second kappa shape index (κ2) is 5.75. The Hall–Kier alpha value is -1.68. The summed E-state index contributed by atoms with van der Waals surface area (Å²) in [6, 6.07) is 7.22. The van der Waals surface area contributed by atoms with Crippen LogP contribution in [0, 0.1) is 0 Å². The van der Waals surface area contributed by atoms with Gasteiger partial charge in [0, 0.05) is 11.6 Å². The highest BCUT2D eigenvalue weighted by Crippen LogP contribution is 2.22. The Labute approximate surface area is 123 Å². The Kier molecular flexibility index (Phi) is 4.23. The van der Waals surface area contributed by atoms with Gasteiger partial charge in [-0.3, -0.25) is 9.48 Å². The molecule has 2 aromatic rings. The fraction of sp³-hybridized carbons (Fsp3) is 0.400. The lowest BCUT2D eigenvalue weighted by molar-refractivity contribution is 0.503. The highest BCUT2D eigenvalue weighted by Gasteiger charge is 2.20. The SMILES string of the molecule is CCCn1c(C(C)C)c(N)c(=O)n1-c1ccc(Cl)cc1. The van der Waals surface area contributed by atoms with Gasteiger partial charge in [-0.25, -0.2) is 4.68 Å². The second-order valence-corrected chi connectivity index (χ2v) is 5.61. The molecule has 1 aromatic heterocycles. The van der Waals surface area contributed by atoms with E-state index in [9.17, 15) is 4.79 Å². The first kappa shape index (κ1) is 14.7. The van der Waals surface area contributed by atoms with Crippen LogP contribution in [0.4, 0.5) is 5.69 Å². The van der Waals surface area contributed by atoms with E-state index in [0.29, 0.717) is 10.7 Å². The summed E-state index contributed by atoms with van der Waals surface area (Å²) in [5.41, 5.74) is 7.88. The minimum absolute atomic E-state index is 0.163. The third-order valence-electron chi connectivity index (χ3n) is 3.27. The first-order valence-electron chi connectivity index (χ1n) is 6.84. The van der Waals surface area contributed by atoms with E-state index in [0.717, 1.165) is 24.3 Å². The van der Waals surface area contributed by atoms with Crippen LogP contribution in [0.15, 0.2) is 29.1 Å². The Balaban J connectivity index is 2.71. The van der Waals surface area contributed by atoms with Crippen molar-refractivity contribution in [3.63, 3.8) is 0 Å². The topological polar surface area (TPSA) is 52.9 Å². The minimum Gasteiger partial charge on any atom is -0.393 e. The maximum Gasteiger partial charge on any atom is 0.294 e. The molecule has 0 saturated heterocycles. The van der Waals surface area contributed by atoms with Gasteiger partial charge in [-0.1, -0.05) is 32.4 Å². The molecule has 1 aromatic carbocycles. The van der Waals surface area contributed by atoms with E-state index in [-0.39, 0.29) is 11.5 Å². The number of benzene rings is 1. The van der Waals surface area contributed by atoms with Crippen molar-refractivity contribution in [3.05, 3.63) is 45.3 Å². The van der Waals surface area contributed by atoms with Crippen LogP contribution in [0.2, 0.25) is 5.02 Å². The monoisotopic (exact) mass is 293 g/mol. The first-order chi connectivity index (χ1) is 9.47. The van der Waals surface area contributed by atoms with E-state index in [1.165, 1.54) is 0 Å². The average Bonchev–Trinajstić information content (AvgIpc) is 2.64. The molecule has 0 unspecified atom stereocenters. The number of nitrogen functional groups attached to an aromatic ring is 1. The number of anilines is 1. The molecule has 108 valence electrons. The van der Waals surface area contributed by atoms with Crippen molar-refractivity contribution in [3.8, 4) is 5.69 Å². The predicted octanol–water partition coefficient (Wildman–Crippen LogP) is 3.41. The summed E-state index contributed by atoms with van der Waals surface area (Å²) in [5.74, 6) is 0.197. The maximum atomic E-state index is 12.5. The minimum atomic E-state index is -0.163. The van der Waals surface area contributed by atoms with E-state index in [1.807, 2.05) is 30.7 Å². The number of aromatic nitrogens is 2. The second-order valence-electron chi connectivity index (χ2n) is 5.17. The lowest BCUT2D eigenvalue weighted by atomic mass is 10.1. The van der Waals surface area contributed by atoms with Crippen LogP contribution in [-0.4, -0.2) is 9.36 Å². The zero-order chi connectivity index (χ0) is 14.9. The third-order valence-corrected chi connectivity index (χ3v) is 3.52. The summed E-state index contributed by atoms with van der Waals surface area (Å²) in [4.78, 5) is 12.5. The number of hydrogen-bond acceptors (Lipinski definition) is 2. The molecule has 0 aliphatic rings. The molecule has 2 rings (SSSR count). The summed E-state index contributed by atoms with van der Waals surface area (Å²) < 4.78 is 3.62. The fourth-order valence-corrected chi connectivity index (χ4v) is 2.59. The maximum absolute atomic E-state index is 12.5. The number of halogens is 1. The van der Waals surface area contributed by atoms with Crippen LogP contribution < -0.4 is 11.3 Å². The van der Waals surface area contributed by atoms with Gasteiger partial charge in [-0.15, -0.1) is 0 Å². The van der Waals surface area contributed by atoms with Crippen LogP contribution in [0.3, 0.4) is 0 Å². The van der Waals surface area contributed by atoms with E-state index in [2.05, 4.69) is 6.92 Å². The molecule has 0 aliphatic carbocycles. The quantitative estimate of drug-likeness (QED) is 0.939. The Morgan fingerprint density at radius 3 is 2.35 bits per heavy atom. The molecule has 0 fully saturated rings. The summed E-state index contributed by atoms with van der Waals surface area (Å²) in [6.07, 6.45) is 0.931.